The summed E-state index contributed by atoms with van der Waals surface area (Å²) in [5.41, 5.74) is 1.37. The highest BCUT2D eigenvalue weighted by molar-refractivity contribution is 5.19. The van der Waals surface area contributed by atoms with Gasteiger partial charge in [-0.15, -0.1) is 0 Å². The third-order valence-electron chi connectivity index (χ3n) is 4.32. The van der Waals surface area contributed by atoms with Gasteiger partial charge < -0.3 is 5.11 Å². The number of aliphatic hydroxyl groups excluding tert-OH is 1. The molecule has 66 valence electrons. The van der Waals surface area contributed by atoms with Crippen LogP contribution in [0.25, 0.3) is 0 Å². The van der Waals surface area contributed by atoms with Crippen molar-refractivity contribution in [2.24, 2.45) is 23.7 Å². The standard InChI is InChI=1S/C11H16O/c1-6-8-2-7-3-9(5-8)11(12)10(6)4-7/h7-12H,1-5H2/t7-,8+,9-,10+,11+/m0/s1. The van der Waals surface area contributed by atoms with Crippen LogP contribution in [0.2, 0.25) is 0 Å². The average molecular weight is 164 g/mol. The summed E-state index contributed by atoms with van der Waals surface area (Å²) in [6, 6.07) is 0. The van der Waals surface area contributed by atoms with Gasteiger partial charge in [-0.2, -0.15) is 0 Å². The average Bonchev–Trinajstić information content (AvgIpc) is 2.07. The van der Waals surface area contributed by atoms with Crippen LogP contribution in [0.3, 0.4) is 0 Å². The van der Waals surface area contributed by atoms with Crippen LogP contribution in [-0.4, -0.2) is 11.2 Å². The van der Waals surface area contributed by atoms with E-state index in [1.807, 2.05) is 0 Å². The van der Waals surface area contributed by atoms with Crippen LogP contribution in [0, 0.1) is 23.7 Å². The van der Waals surface area contributed by atoms with Crippen LogP contribution >= 0.6 is 0 Å². The zero-order chi connectivity index (χ0) is 8.29. The first kappa shape index (κ1) is 7.14. The molecule has 0 aromatic carbocycles. The molecule has 0 spiro atoms. The lowest BCUT2D eigenvalue weighted by atomic mass is 9.53. The lowest BCUT2D eigenvalue weighted by molar-refractivity contribution is -0.0576. The van der Waals surface area contributed by atoms with Gasteiger partial charge in [0.05, 0.1) is 6.10 Å². The smallest absolute Gasteiger partial charge is 0.0634 e. The monoisotopic (exact) mass is 164 g/mol. The molecule has 0 aliphatic heterocycles. The molecule has 4 bridgehead atoms. The van der Waals surface area contributed by atoms with Gasteiger partial charge >= 0.3 is 0 Å². The maximum atomic E-state index is 9.94. The second-order valence-electron chi connectivity index (χ2n) is 4.94. The highest BCUT2D eigenvalue weighted by Crippen LogP contribution is 2.55. The molecule has 4 fully saturated rings. The molecule has 1 N–H and O–H groups in total. The van der Waals surface area contributed by atoms with Gasteiger partial charge in [-0.3, -0.25) is 0 Å². The quantitative estimate of drug-likeness (QED) is 0.543. The molecule has 0 amide bonds. The molecule has 0 unspecified atom stereocenters. The van der Waals surface area contributed by atoms with Gasteiger partial charge in [-0.1, -0.05) is 12.2 Å². The van der Waals surface area contributed by atoms with E-state index in [1.54, 1.807) is 0 Å². The van der Waals surface area contributed by atoms with Gasteiger partial charge in [0.25, 0.3) is 0 Å². The molecule has 0 aromatic heterocycles. The molecule has 4 saturated carbocycles. The zero-order valence-electron chi connectivity index (χ0n) is 7.37. The summed E-state index contributed by atoms with van der Waals surface area (Å²) in [4.78, 5) is 0. The van der Waals surface area contributed by atoms with Crippen molar-refractivity contribution in [2.45, 2.75) is 31.8 Å². The van der Waals surface area contributed by atoms with E-state index in [4.69, 9.17) is 0 Å². The summed E-state index contributed by atoms with van der Waals surface area (Å²) < 4.78 is 0. The summed E-state index contributed by atoms with van der Waals surface area (Å²) in [6.07, 6.45) is 5.09. The fraction of sp³-hybridized carbons (Fsp3) is 0.818. The van der Waals surface area contributed by atoms with Gasteiger partial charge in [0.1, 0.15) is 0 Å². The first-order valence-corrected chi connectivity index (χ1v) is 5.12. The summed E-state index contributed by atoms with van der Waals surface area (Å²) in [6.45, 7) is 4.14. The third-order valence-corrected chi connectivity index (χ3v) is 4.32. The molecule has 12 heavy (non-hydrogen) atoms. The topological polar surface area (TPSA) is 20.2 Å². The fourth-order valence-electron chi connectivity index (χ4n) is 3.76. The third kappa shape index (κ3) is 0.731. The Morgan fingerprint density at radius 3 is 2.83 bits per heavy atom. The van der Waals surface area contributed by atoms with E-state index in [-0.39, 0.29) is 6.10 Å². The largest absolute Gasteiger partial charge is 0.392 e. The van der Waals surface area contributed by atoms with Crippen LogP contribution in [0.1, 0.15) is 25.7 Å². The van der Waals surface area contributed by atoms with Crippen LogP contribution in [-0.2, 0) is 0 Å². The van der Waals surface area contributed by atoms with E-state index in [9.17, 15) is 5.11 Å². The van der Waals surface area contributed by atoms with E-state index in [2.05, 4.69) is 6.58 Å². The van der Waals surface area contributed by atoms with Gasteiger partial charge in [-0.05, 0) is 43.4 Å². The van der Waals surface area contributed by atoms with Crippen molar-refractivity contribution in [2.75, 3.05) is 0 Å². The summed E-state index contributed by atoms with van der Waals surface area (Å²) in [5.74, 6) is 2.79. The molecular formula is C11H16O. The van der Waals surface area contributed by atoms with Crippen molar-refractivity contribution in [3.8, 4) is 0 Å². The Labute approximate surface area is 73.5 Å². The van der Waals surface area contributed by atoms with Crippen LogP contribution in [0.15, 0.2) is 12.2 Å². The Bertz CT molecular complexity index is 233. The number of rotatable bonds is 0. The first-order valence-electron chi connectivity index (χ1n) is 5.12. The maximum absolute atomic E-state index is 9.94. The van der Waals surface area contributed by atoms with E-state index < -0.39 is 0 Å². The fourth-order valence-corrected chi connectivity index (χ4v) is 3.76. The summed E-state index contributed by atoms with van der Waals surface area (Å²) >= 11 is 0. The van der Waals surface area contributed by atoms with E-state index in [0.29, 0.717) is 11.8 Å². The molecule has 0 heterocycles. The summed E-state index contributed by atoms with van der Waals surface area (Å²) in [7, 11) is 0. The Kier molecular flexibility index (Phi) is 1.27. The molecular weight excluding hydrogens is 148 g/mol. The minimum absolute atomic E-state index is 0.0368. The van der Waals surface area contributed by atoms with Crippen molar-refractivity contribution in [1.82, 2.24) is 0 Å². The number of hydrogen-bond donors (Lipinski definition) is 1. The molecule has 0 radical (unpaired) electrons. The van der Waals surface area contributed by atoms with E-state index in [0.717, 1.165) is 11.8 Å². The molecule has 0 saturated heterocycles. The minimum Gasteiger partial charge on any atom is -0.392 e. The number of aliphatic hydroxyl groups is 1. The van der Waals surface area contributed by atoms with Crippen molar-refractivity contribution >= 4 is 0 Å². The molecule has 5 atom stereocenters. The lowest BCUT2D eigenvalue weighted by Crippen LogP contribution is -2.49. The SMILES string of the molecule is C=C1[C@@H]2C[C@H]3C[C@@H](C2)[C@@H](O)[C@@H]1C3. The molecule has 4 rings (SSSR count). The van der Waals surface area contributed by atoms with Gasteiger partial charge in [0.15, 0.2) is 0 Å². The van der Waals surface area contributed by atoms with E-state index >= 15 is 0 Å². The van der Waals surface area contributed by atoms with Crippen molar-refractivity contribution in [3.63, 3.8) is 0 Å². The molecule has 1 heteroatoms. The molecule has 4 aliphatic rings. The molecule has 4 aliphatic carbocycles. The Morgan fingerprint density at radius 1 is 1.17 bits per heavy atom. The predicted molar refractivity (Wildman–Crippen MR) is 47.6 cm³/mol. The second-order valence-corrected chi connectivity index (χ2v) is 4.94. The second kappa shape index (κ2) is 2.14. The first-order chi connectivity index (χ1) is 5.75. The Balaban J connectivity index is 1.98. The lowest BCUT2D eigenvalue weighted by Gasteiger charge is -2.53. The minimum atomic E-state index is -0.0368. The van der Waals surface area contributed by atoms with Crippen molar-refractivity contribution < 1.29 is 5.11 Å². The number of hydrogen-bond acceptors (Lipinski definition) is 1. The van der Waals surface area contributed by atoms with Crippen molar-refractivity contribution in [3.05, 3.63) is 12.2 Å². The van der Waals surface area contributed by atoms with Gasteiger partial charge in [0, 0.05) is 5.92 Å². The van der Waals surface area contributed by atoms with Gasteiger partial charge in [-0.25, -0.2) is 0 Å². The summed E-state index contributed by atoms with van der Waals surface area (Å²) in [5, 5.41) is 9.94. The zero-order valence-corrected chi connectivity index (χ0v) is 7.37. The molecule has 1 nitrogen and oxygen atoms in total. The maximum Gasteiger partial charge on any atom is 0.0634 e. The predicted octanol–water partition coefficient (Wildman–Crippen LogP) is 1.97. The van der Waals surface area contributed by atoms with Crippen LogP contribution in [0.4, 0.5) is 0 Å². The Morgan fingerprint density at radius 2 is 2.00 bits per heavy atom. The van der Waals surface area contributed by atoms with Gasteiger partial charge in [0.2, 0.25) is 0 Å². The Hall–Kier alpha value is -0.300. The van der Waals surface area contributed by atoms with Crippen LogP contribution in [0.5, 0.6) is 0 Å². The van der Waals surface area contributed by atoms with Crippen molar-refractivity contribution in [1.29, 1.82) is 0 Å². The molecule has 0 aromatic rings. The highest BCUT2D eigenvalue weighted by Gasteiger charge is 2.49. The normalized spacial score (nSPS) is 56.4. The van der Waals surface area contributed by atoms with Crippen LogP contribution < -0.4 is 0 Å². The highest BCUT2D eigenvalue weighted by atomic mass is 16.3. The van der Waals surface area contributed by atoms with E-state index in [1.165, 1.54) is 31.3 Å².